The maximum absolute atomic E-state index is 8.72. The van der Waals surface area contributed by atoms with Gasteiger partial charge < -0.3 is 10.1 Å². The Hall–Kier alpha value is -2.46. The number of benzene rings is 1. The Morgan fingerprint density at radius 3 is 2.55 bits per heavy atom. The average molecular weight is 267 g/mol. The number of allylic oxidation sites excluding steroid dienone is 1. The van der Waals surface area contributed by atoms with Gasteiger partial charge in [-0.1, -0.05) is 18.6 Å². The molecule has 0 unspecified atom stereocenters. The number of nitrogens with one attached hydrogen (secondary N) is 1. The third-order valence-corrected chi connectivity index (χ3v) is 3.35. The van der Waals surface area contributed by atoms with Crippen LogP contribution >= 0.6 is 0 Å². The summed E-state index contributed by atoms with van der Waals surface area (Å²) in [7, 11) is 0. The normalized spacial score (nSPS) is 14.7. The van der Waals surface area contributed by atoms with Gasteiger partial charge >= 0.3 is 0 Å². The van der Waals surface area contributed by atoms with Crippen LogP contribution < -0.4 is 10.1 Å². The van der Waals surface area contributed by atoms with Gasteiger partial charge in [-0.2, -0.15) is 10.5 Å². The van der Waals surface area contributed by atoms with Crippen molar-refractivity contribution in [2.24, 2.45) is 0 Å². The van der Waals surface area contributed by atoms with Crippen LogP contribution in [0.2, 0.25) is 0 Å². The molecule has 1 aromatic rings. The van der Waals surface area contributed by atoms with Crippen LogP contribution in [-0.2, 0) is 0 Å². The molecule has 1 aliphatic rings. The average Bonchev–Trinajstić information content (AvgIpc) is 2.51. The van der Waals surface area contributed by atoms with Crippen LogP contribution in [0.3, 0.4) is 0 Å². The van der Waals surface area contributed by atoms with E-state index < -0.39 is 0 Å². The van der Waals surface area contributed by atoms with E-state index in [1.807, 2.05) is 36.4 Å². The number of hydrogen-bond acceptors (Lipinski definition) is 4. The first kappa shape index (κ1) is 14.0. The third-order valence-electron chi connectivity index (χ3n) is 3.35. The maximum atomic E-state index is 8.72. The van der Waals surface area contributed by atoms with Gasteiger partial charge in [-0.3, -0.25) is 0 Å². The number of nitrogens with zero attached hydrogens (tertiary/aromatic N) is 2. The zero-order valence-electron chi connectivity index (χ0n) is 11.3. The summed E-state index contributed by atoms with van der Waals surface area (Å²) in [5.74, 6) is 0.769. The van der Waals surface area contributed by atoms with Crippen LogP contribution in [0, 0.1) is 22.7 Å². The molecule has 0 aromatic heterocycles. The van der Waals surface area contributed by atoms with E-state index in [9.17, 15) is 0 Å². The second-order valence-electron chi connectivity index (χ2n) is 4.80. The highest BCUT2D eigenvalue weighted by Gasteiger charge is 2.16. The van der Waals surface area contributed by atoms with Gasteiger partial charge in [0, 0.05) is 6.20 Å². The molecule has 0 amide bonds. The van der Waals surface area contributed by atoms with Gasteiger partial charge in [-0.15, -0.1) is 0 Å². The highest BCUT2D eigenvalue weighted by molar-refractivity contribution is 5.59. The van der Waals surface area contributed by atoms with E-state index in [1.54, 1.807) is 0 Å². The molecule has 20 heavy (non-hydrogen) atoms. The Balaban J connectivity index is 2.08. The molecule has 1 saturated carbocycles. The Labute approximate surface area is 119 Å². The predicted octanol–water partition coefficient (Wildman–Crippen LogP) is 3.74. The van der Waals surface area contributed by atoms with Gasteiger partial charge in [-0.05, 0) is 37.8 Å². The molecule has 0 heterocycles. The number of ether oxygens (including phenoxy) is 1. The first-order valence-electron chi connectivity index (χ1n) is 6.86. The fourth-order valence-corrected chi connectivity index (χ4v) is 2.29. The van der Waals surface area contributed by atoms with Crippen LogP contribution in [0.1, 0.15) is 32.1 Å². The van der Waals surface area contributed by atoms with Gasteiger partial charge in [0.25, 0.3) is 0 Å². The molecule has 4 heteroatoms. The van der Waals surface area contributed by atoms with E-state index in [0.29, 0.717) is 0 Å². The Morgan fingerprint density at radius 1 is 1.15 bits per heavy atom. The monoisotopic (exact) mass is 267 g/mol. The van der Waals surface area contributed by atoms with E-state index in [-0.39, 0.29) is 11.7 Å². The van der Waals surface area contributed by atoms with Crippen molar-refractivity contribution in [1.82, 2.24) is 0 Å². The molecule has 0 spiro atoms. The lowest BCUT2D eigenvalue weighted by Crippen LogP contribution is -2.20. The number of para-hydroxylation sites is 2. The molecule has 4 nitrogen and oxygen atoms in total. The topological polar surface area (TPSA) is 68.8 Å². The predicted molar refractivity (Wildman–Crippen MR) is 76.9 cm³/mol. The summed E-state index contributed by atoms with van der Waals surface area (Å²) in [6.45, 7) is 0. The summed E-state index contributed by atoms with van der Waals surface area (Å²) in [6.07, 6.45) is 7.57. The molecule has 0 radical (unpaired) electrons. The molecule has 102 valence electrons. The standard InChI is InChI=1S/C16H17N3O/c17-10-13(11-18)12-19-15-8-4-5-9-16(15)20-14-6-2-1-3-7-14/h4-5,8-9,12,14,19H,1-3,6-7H2. The van der Waals surface area contributed by atoms with Gasteiger partial charge in [0.15, 0.2) is 0 Å². The highest BCUT2D eigenvalue weighted by Crippen LogP contribution is 2.29. The summed E-state index contributed by atoms with van der Waals surface area (Å²) < 4.78 is 6.03. The summed E-state index contributed by atoms with van der Waals surface area (Å²) in [4.78, 5) is 0. The minimum absolute atomic E-state index is 0.0393. The van der Waals surface area contributed by atoms with Crippen LogP contribution in [0.15, 0.2) is 36.0 Å². The molecule has 1 N–H and O–H groups in total. The highest BCUT2D eigenvalue weighted by atomic mass is 16.5. The van der Waals surface area contributed by atoms with Gasteiger partial charge in [0.2, 0.25) is 0 Å². The first-order chi connectivity index (χ1) is 9.83. The zero-order chi connectivity index (χ0) is 14.2. The Kier molecular flexibility index (Phi) is 5.03. The van der Waals surface area contributed by atoms with Crippen molar-refractivity contribution in [3.05, 3.63) is 36.0 Å². The van der Waals surface area contributed by atoms with Gasteiger partial charge in [0.05, 0.1) is 11.8 Å². The third kappa shape index (κ3) is 3.76. The van der Waals surface area contributed by atoms with Crippen LogP contribution in [-0.4, -0.2) is 6.10 Å². The summed E-state index contributed by atoms with van der Waals surface area (Å²) in [6, 6.07) is 11.2. The second-order valence-corrected chi connectivity index (χ2v) is 4.80. The lowest BCUT2D eigenvalue weighted by atomic mass is 9.98. The summed E-state index contributed by atoms with van der Waals surface area (Å²) >= 11 is 0. The fraction of sp³-hybridized carbons (Fsp3) is 0.375. The lowest BCUT2D eigenvalue weighted by Gasteiger charge is -2.24. The summed E-state index contributed by atoms with van der Waals surface area (Å²) in [5, 5.41) is 20.4. The second kappa shape index (κ2) is 7.21. The van der Waals surface area contributed by atoms with Crippen molar-refractivity contribution in [2.75, 3.05) is 5.32 Å². The van der Waals surface area contributed by atoms with E-state index in [4.69, 9.17) is 15.3 Å². The van der Waals surface area contributed by atoms with Gasteiger partial charge in [-0.25, -0.2) is 0 Å². The molecular formula is C16H17N3O. The van der Waals surface area contributed by atoms with Gasteiger partial charge in [0.1, 0.15) is 23.5 Å². The minimum atomic E-state index is 0.0393. The SMILES string of the molecule is N#CC(C#N)=CNc1ccccc1OC1CCCCC1. The molecular weight excluding hydrogens is 250 g/mol. The van der Waals surface area contributed by atoms with E-state index in [2.05, 4.69) is 5.32 Å². The fourth-order valence-electron chi connectivity index (χ4n) is 2.29. The first-order valence-corrected chi connectivity index (χ1v) is 6.86. The maximum Gasteiger partial charge on any atom is 0.145 e. The molecule has 2 rings (SSSR count). The number of nitriles is 2. The molecule has 1 aromatic carbocycles. The molecule has 0 atom stereocenters. The largest absolute Gasteiger partial charge is 0.488 e. The molecule has 1 fully saturated rings. The van der Waals surface area contributed by atoms with Crippen molar-refractivity contribution >= 4 is 5.69 Å². The van der Waals surface area contributed by atoms with E-state index >= 15 is 0 Å². The van der Waals surface area contributed by atoms with Crippen LogP contribution in [0.5, 0.6) is 5.75 Å². The van der Waals surface area contributed by atoms with E-state index in [1.165, 1.54) is 25.5 Å². The molecule has 1 aliphatic carbocycles. The minimum Gasteiger partial charge on any atom is -0.488 e. The lowest BCUT2D eigenvalue weighted by molar-refractivity contribution is 0.156. The van der Waals surface area contributed by atoms with Crippen molar-refractivity contribution in [1.29, 1.82) is 10.5 Å². The number of hydrogen-bond donors (Lipinski definition) is 1. The molecule has 0 saturated heterocycles. The van der Waals surface area contributed by atoms with Crippen LogP contribution in [0.25, 0.3) is 0 Å². The van der Waals surface area contributed by atoms with Crippen molar-refractivity contribution in [3.8, 4) is 17.9 Å². The summed E-state index contributed by atoms with van der Waals surface area (Å²) in [5.41, 5.74) is 0.818. The molecule has 0 bridgehead atoms. The van der Waals surface area contributed by atoms with Crippen molar-refractivity contribution in [3.63, 3.8) is 0 Å². The smallest absolute Gasteiger partial charge is 0.145 e. The van der Waals surface area contributed by atoms with E-state index in [0.717, 1.165) is 24.3 Å². The molecule has 0 aliphatic heterocycles. The van der Waals surface area contributed by atoms with Crippen molar-refractivity contribution in [2.45, 2.75) is 38.2 Å². The van der Waals surface area contributed by atoms with Crippen molar-refractivity contribution < 1.29 is 4.74 Å². The Bertz CT molecular complexity index is 544. The van der Waals surface area contributed by atoms with Crippen LogP contribution in [0.4, 0.5) is 5.69 Å². The number of rotatable bonds is 4. The Morgan fingerprint density at radius 2 is 1.85 bits per heavy atom. The number of anilines is 1. The quantitative estimate of drug-likeness (QED) is 0.844. The zero-order valence-corrected chi connectivity index (χ0v) is 11.3.